The highest BCUT2D eigenvalue weighted by atomic mass is 32.1. The van der Waals surface area contributed by atoms with Gasteiger partial charge in [0.1, 0.15) is 11.1 Å². The summed E-state index contributed by atoms with van der Waals surface area (Å²) in [6, 6.07) is 0. The van der Waals surface area contributed by atoms with Crippen LogP contribution in [0.4, 0.5) is 0 Å². The molecule has 0 spiro atoms. The van der Waals surface area contributed by atoms with Gasteiger partial charge in [0.25, 0.3) is 0 Å². The van der Waals surface area contributed by atoms with Crippen LogP contribution in [0.15, 0.2) is 0 Å². The molecule has 4 heteroatoms. The Morgan fingerprint density at radius 3 is 2.50 bits per heavy atom. The van der Waals surface area contributed by atoms with Gasteiger partial charge in [0, 0.05) is 23.4 Å². The molecule has 2 rings (SSSR count). The third kappa shape index (κ3) is 2.92. The minimum atomic E-state index is 0.0593. The van der Waals surface area contributed by atoms with E-state index < -0.39 is 0 Å². The van der Waals surface area contributed by atoms with E-state index in [1.807, 2.05) is 0 Å². The maximum atomic E-state index is 5.88. The van der Waals surface area contributed by atoms with Crippen LogP contribution in [0.1, 0.15) is 62.2 Å². The second-order valence-corrected chi connectivity index (χ2v) is 7.11. The van der Waals surface area contributed by atoms with Crippen molar-refractivity contribution in [2.75, 3.05) is 6.61 Å². The number of rotatable bonds is 5. The molecule has 0 amide bonds. The SMILES string of the molecule is CCOC(c1nc(C(C)(C)C)c(CN)s1)C1CC1. The summed E-state index contributed by atoms with van der Waals surface area (Å²) in [6.45, 7) is 9.96. The molecule has 1 atom stereocenters. The van der Waals surface area contributed by atoms with Crippen molar-refractivity contribution < 1.29 is 4.74 Å². The summed E-state index contributed by atoms with van der Waals surface area (Å²) < 4.78 is 5.88. The minimum Gasteiger partial charge on any atom is -0.371 e. The summed E-state index contributed by atoms with van der Waals surface area (Å²) in [4.78, 5) is 6.06. The summed E-state index contributed by atoms with van der Waals surface area (Å²) >= 11 is 1.74. The molecule has 1 saturated carbocycles. The fourth-order valence-electron chi connectivity index (χ4n) is 2.20. The summed E-state index contributed by atoms with van der Waals surface area (Å²) in [5.74, 6) is 0.676. The van der Waals surface area contributed by atoms with Crippen molar-refractivity contribution in [3.63, 3.8) is 0 Å². The first-order chi connectivity index (χ1) is 8.47. The fourth-order valence-corrected chi connectivity index (χ4v) is 3.50. The minimum absolute atomic E-state index is 0.0593. The average Bonchev–Trinajstić information content (AvgIpc) is 3.02. The van der Waals surface area contributed by atoms with Crippen LogP contribution in [-0.4, -0.2) is 11.6 Å². The van der Waals surface area contributed by atoms with Gasteiger partial charge < -0.3 is 10.5 Å². The van der Waals surface area contributed by atoms with E-state index in [0.717, 1.165) is 17.3 Å². The lowest BCUT2D eigenvalue weighted by atomic mass is 9.91. The molecule has 1 aromatic heterocycles. The van der Waals surface area contributed by atoms with Crippen molar-refractivity contribution in [3.05, 3.63) is 15.6 Å². The standard InChI is InChI=1S/C14H24N2OS/c1-5-17-11(9-6-7-9)13-16-12(14(2,3)4)10(8-15)18-13/h9,11H,5-8,15H2,1-4H3. The molecule has 0 radical (unpaired) electrons. The number of nitrogens with zero attached hydrogens (tertiary/aromatic N) is 1. The van der Waals surface area contributed by atoms with Crippen molar-refractivity contribution in [2.45, 2.75) is 58.6 Å². The summed E-state index contributed by atoms with van der Waals surface area (Å²) in [7, 11) is 0. The lowest BCUT2D eigenvalue weighted by Gasteiger charge is -2.17. The number of hydrogen-bond acceptors (Lipinski definition) is 4. The smallest absolute Gasteiger partial charge is 0.122 e. The summed E-state index contributed by atoms with van der Waals surface area (Å²) in [6.07, 6.45) is 2.74. The largest absolute Gasteiger partial charge is 0.371 e. The topological polar surface area (TPSA) is 48.1 Å². The molecule has 1 heterocycles. The predicted molar refractivity (Wildman–Crippen MR) is 75.8 cm³/mol. The van der Waals surface area contributed by atoms with Crippen molar-refractivity contribution in [1.82, 2.24) is 4.98 Å². The van der Waals surface area contributed by atoms with E-state index in [1.165, 1.54) is 17.7 Å². The Morgan fingerprint density at radius 2 is 2.11 bits per heavy atom. The van der Waals surface area contributed by atoms with E-state index in [0.29, 0.717) is 12.5 Å². The number of ether oxygens (including phenoxy) is 1. The molecule has 18 heavy (non-hydrogen) atoms. The third-order valence-corrected chi connectivity index (χ3v) is 4.39. The molecule has 0 saturated heterocycles. The molecule has 2 N–H and O–H groups in total. The molecule has 1 aromatic rings. The van der Waals surface area contributed by atoms with Gasteiger partial charge in [0.2, 0.25) is 0 Å². The van der Waals surface area contributed by atoms with Crippen LogP contribution >= 0.6 is 11.3 Å². The Hall–Kier alpha value is -0.450. The Balaban J connectivity index is 2.30. The van der Waals surface area contributed by atoms with Crippen LogP contribution < -0.4 is 5.73 Å². The monoisotopic (exact) mass is 268 g/mol. The van der Waals surface area contributed by atoms with Crippen LogP contribution in [0, 0.1) is 5.92 Å². The first-order valence-corrected chi connectivity index (χ1v) is 7.60. The van der Waals surface area contributed by atoms with Gasteiger partial charge in [-0.05, 0) is 25.7 Å². The number of aromatic nitrogens is 1. The van der Waals surface area contributed by atoms with E-state index in [-0.39, 0.29) is 11.5 Å². The van der Waals surface area contributed by atoms with Crippen LogP contribution in [0.3, 0.4) is 0 Å². The highest BCUT2D eigenvalue weighted by Crippen LogP contribution is 2.45. The van der Waals surface area contributed by atoms with Gasteiger partial charge in [-0.15, -0.1) is 11.3 Å². The van der Waals surface area contributed by atoms with Gasteiger partial charge in [-0.1, -0.05) is 20.8 Å². The Kier molecular flexibility index (Phi) is 4.09. The molecule has 0 aromatic carbocycles. The van der Waals surface area contributed by atoms with E-state index in [4.69, 9.17) is 15.5 Å². The molecule has 1 aliphatic rings. The maximum absolute atomic E-state index is 5.88. The summed E-state index contributed by atoms with van der Waals surface area (Å²) in [5.41, 5.74) is 7.06. The first-order valence-electron chi connectivity index (χ1n) is 6.79. The number of hydrogen-bond donors (Lipinski definition) is 1. The zero-order chi connectivity index (χ0) is 13.3. The first kappa shape index (κ1) is 14.0. The lowest BCUT2D eigenvalue weighted by molar-refractivity contribution is 0.0460. The normalized spacial score (nSPS) is 18.1. The molecule has 102 valence electrons. The van der Waals surface area contributed by atoms with Gasteiger partial charge in [0.15, 0.2) is 0 Å². The van der Waals surface area contributed by atoms with Crippen molar-refractivity contribution in [3.8, 4) is 0 Å². The second-order valence-electron chi connectivity index (χ2n) is 5.99. The molecule has 3 nitrogen and oxygen atoms in total. The molecule has 0 aliphatic heterocycles. The van der Waals surface area contributed by atoms with Gasteiger partial charge >= 0.3 is 0 Å². The third-order valence-electron chi connectivity index (χ3n) is 3.25. The lowest BCUT2D eigenvalue weighted by Crippen LogP contribution is -2.16. The van der Waals surface area contributed by atoms with Gasteiger partial charge in [-0.3, -0.25) is 0 Å². The van der Waals surface area contributed by atoms with E-state index >= 15 is 0 Å². The van der Waals surface area contributed by atoms with Crippen LogP contribution in [-0.2, 0) is 16.7 Å². The highest BCUT2D eigenvalue weighted by Gasteiger charge is 2.36. The summed E-state index contributed by atoms with van der Waals surface area (Å²) in [5, 5.41) is 1.13. The zero-order valence-electron chi connectivity index (χ0n) is 11.8. The number of thiazole rings is 1. The van der Waals surface area contributed by atoms with Crippen LogP contribution in [0.5, 0.6) is 0 Å². The predicted octanol–water partition coefficient (Wildman–Crippen LogP) is 3.39. The average molecular weight is 268 g/mol. The Labute approximate surface area is 114 Å². The van der Waals surface area contributed by atoms with E-state index in [9.17, 15) is 0 Å². The van der Waals surface area contributed by atoms with E-state index in [1.54, 1.807) is 11.3 Å². The number of nitrogens with two attached hydrogens (primary N) is 1. The molecule has 1 aliphatic carbocycles. The molecule has 1 unspecified atom stereocenters. The molecular formula is C14H24N2OS. The van der Waals surface area contributed by atoms with Gasteiger partial charge in [-0.2, -0.15) is 0 Å². The van der Waals surface area contributed by atoms with Gasteiger partial charge in [-0.25, -0.2) is 4.98 Å². The molecular weight excluding hydrogens is 244 g/mol. The highest BCUT2D eigenvalue weighted by molar-refractivity contribution is 7.11. The fraction of sp³-hybridized carbons (Fsp3) is 0.786. The Morgan fingerprint density at radius 1 is 1.44 bits per heavy atom. The quantitative estimate of drug-likeness (QED) is 0.890. The van der Waals surface area contributed by atoms with Crippen LogP contribution in [0.2, 0.25) is 0 Å². The van der Waals surface area contributed by atoms with Crippen LogP contribution in [0.25, 0.3) is 0 Å². The van der Waals surface area contributed by atoms with E-state index in [2.05, 4.69) is 27.7 Å². The molecule has 0 bridgehead atoms. The van der Waals surface area contributed by atoms with Crippen molar-refractivity contribution in [1.29, 1.82) is 0 Å². The second kappa shape index (κ2) is 5.27. The maximum Gasteiger partial charge on any atom is 0.122 e. The van der Waals surface area contributed by atoms with Crippen molar-refractivity contribution >= 4 is 11.3 Å². The molecule has 1 fully saturated rings. The van der Waals surface area contributed by atoms with Gasteiger partial charge in [0.05, 0.1) is 5.69 Å². The van der Waals surface area contributed by atoms with Crippen molar-refractivity contribution in [2.24, 2.45) is 11.7 Å². The zero-order valence-corrected chi connectivity index (χ0v) is 12.6. The Bertz CT molecular complexity index is 404.